The summed E-state index contributed by atoms with van der Waals surface area (Å²) in [6, 6.07) is 1.48. The number of carboxylic acid groups (broad SMARTS) is 2. The van der Waals surface area contributed by atoms with Gasteiger partial charge in [-0.15, -0.1) is 0 Å². The Morgan fingerprint density at radius 1 is 0.694 bits per heavy atom. The number of aromatic carboxylic acids is 1. The summed E-state index contributed by atoms with van der Waals surface area (Å²) in [6.07, 6.45) is -5.04. The van der Waals surface area contributed by atoms with E-state index in [0.717, 1.165) is 0 Å². The van der Waals surface area contributed by atoms with Crippen molar-refractivity contribution in [2.24, 2.45) is 0 Å². The molecular weight excluding hydrogens is 559 g/mol. The van der Waals surface area contributed by atoms with E-state index in [2.05, 4.69) is 4.98 Å². The van der Waals surface area contributed by atoms with Crippen LogP contribution in [0.4, 0.5) is 65.9 Å². The highest BCUT2D eigenvalue weighted by molar-refractivity contribution is 5.88. The molecular formula is C15H8F15NO5. The van der Waals surface area contributed by atoms with Crippen LogP contribution in [0.2, 0.25) is 0 Å². The van der Waals surface area contributed by atoms with Gasteiger partial charge in [-0.2, -0.15) is 65.9 Å². The molecule has 0 atom stereocenters. The molecule has 1 aromatic heterocycles. The maximum absolute atomic E-state index is 12.8. The first kappa shape index (κ1) is 33.0. The Bertz CT molecular complexity index is 961. The van der Waals surface area contributed by atoms with Crippen molar-refractivity contribution in [3.05, 3.63) is 29.6 Å². The second kappa shape index (κ2) is 9.81. The molecule has 0 unspecified atom stereocenters. The van der Waals surface area contributed by atoms with Crippen LogP contribution < -0.4 is 0 Å². The largest absolute Gasteiger partial charge is 0.478 e. The van der Waals surface area contributed by atoms with Gasteiger partial charge in [-0.05, 0) is 11.6 Å². The number of rotatable bonds is 8. The van der Waals surface area contributed by atoms with Gasteiger partial charge in [0.1, 0.15) is 0 Å². The van der Waals surface area contributed by atoms with Gasteiger partial charge in [0.25, 0.3) is 0 Å². The third-order valence-electron chi connectivity index (χ3n) is 3.91. The first-order valence-corrected chi connectivity index (χ1v) is 8.04. The Morgan fingerprint density at radius 3 is 1.39 bits per heavy atom. The van der Waals surface area contributed by atoms with Gasteiger partial charge < -0.3 is 15.3 Å². The lowest BCUT2D eigenvalue weighted by Gasteiger charge is -2.40. The summed E-state index contributed by atoms with van der Waals surface area (Å²) in [7, 11) is 0. The number of aliphatic hydroxyl groups is 1. The second-order valence-electron chi connectivity index (χ2n) is 6.25. The molecule has 1 aromatic rings. The first-order chi connectivity index (χ1) is 15.7. The predicted octanol–water partition coefficient (Wildman–Crippen LogP) is 4.72. The van der Waals surface area contributed by atoms with E-state index in [-0.39, 0.29) is 12.2 Å². The second-order valence-corrected chi connectivity index (χ2v) is 6.25. The number of aromatic nitrogens is 1. The van der Waals surface area contributed by atoms with Gasteiger partial charge in [0, 0.05) is 12.4 Å². The molecule has 0 fully saturated rings. The van der Waals surface area contributed by atoms with E-state index in [1.165, 1.54) is 18.5 Å². The van der Waals surface area contributed by atoms with Gasteiger partial charge in [-0.3, -0.25) is 4.98 Å². The number of hydrogen-bond acceptors (Lipinski definition) is 4. The molecule has 1 heterocycles. The lowest BCUT2D eigenvalue weighted by atomic mass is 9.91. The van der Waals surface area contributed by atoms with E-state index in [4.69, 9.17) is 15.3 Å². The zero-order valence-corrected chi connectivity index (χ0v) is 16.2. The van der Waals surface area contributed by atoms with Crippen LogP contribution in [0.1, 0.15) is 15.9 Å². The minimum absolute atomic E-state index is 0.0509. The summed E-state index contributed by atoms with van der Waals surface area (Å²) in [4.78, 5) is 23.8. The average molecular weight is 567 g/mol. The van der Waals surface area contributed by atoms with Gasteiger partial charge in [0.15, 0.2) is 0 Å². The van der Waals surface area contributed by atoms with Crippen LogP contribution in [-0.2, 0) is 11.4 Å². The van der Waals surface area contributed by atoms with Crippen molar-refractivity contribution in [3.63, 3.8) is 0 Å². The molecule has 0 saturated heterocycles. The van der Waals surface area contributed by atoms with Crippen LogP contribution in [0, 0.1) is 0 Å². The van der Waals surface area contributed by atoms with E-state index in [1.54, 1.807) is 0 Å². The maximum Gasteiger partial charge on any atom is 0.460 e. The summed E-state index contributed by atoms with van der Waals surface area (Å²) in [6.45, 7) is -0.274. The van der Waals surface area contributed by atoms with Gasteiger partial charge in [-0.25, -0.2) is 9.59 Å². The molecule has 0 aliphatic carbocycles. The predicted molar refractivity (Wildman–Crippen MR) is 80.5 cm³/mol. The number of alkyl halides is 15. The Labute approximate surface area is 186 Å². The number of pyridine rings is 1. The van der Waals surface area contributed by atoms with Crippen molar-refractivity contribution in [2.75, 3.05) is 0 Å². The zero-order valence-electron chi connectivity index (χ0n) is 16.2. The number of aliphatic hydroxyl groups excluding tert-OH is 1. The number of aliphatic carboxylic acids is 1. The van der Waals surface area contributed by atoms with E-state index < -0.39 is 53.7 Å². The summed E-state index contributed by atoms with van der Waals surface area (Å²) < 4.78 is 187. The third-order valence-corrected chi connectivity index (χ3v) is 3.91. The smallest absolute Gasteiger partial charge is 0.460 e. The van der Waals surface area contributed by atoms with Gasteiger partial charge >= 0.3 is 53.7 Å². The lowest BCUT2D eigenvalue weighted by molar-refractivity contribution is -0.450. The highest BCUT2D eigenvalue weighted by Crippen LogP contribution is 2.62. The zero-order chi connectivity index (χ0) is 29.3. The van der Waals surface area contributed by atoms with Gasteiger partial charge in [0.05, 0.1) is 12.2 Å². The maximum atomic E-state index is 12.8. The van der Waals surface area contributed by atoms with Crippen LogP contribution in [0.5, 0.6) is 0 Å². The molecule has 21 heteroatoms. The van der Waals surface area contributed by atoms with E-state index >= 15 is 0 Å². The number of carbonyl (C=O) groups is 2. The summed E-state index contributed by atoms with van der Waals surface area (Å²) in [5, 5.41) is 24.8. The Hall–Kier alpha value is -3.00. The number of nitrogens with zero attached hydrogens (tertiary/aromatic N) is 1. The first-order valence-electron chi connectivity index (χ1n) is 8.04. The molecule has 3 N–H and O–H groups in total. The fourth-order valence-corrected chi connectivity index (χ4v) is 1.85. The van der Waals surface area contributed by atoms with E-state index in [1.807, 2.05) is 0 Å². The molecule has 0 amide bonds. The minimum atomic E-state index is -8.47. The van der Waals surface area contributed by atoms with Crippen LogP contribution in [0.15, 0.2) is 18.5 Å². The number of hydrogen-bond donors (Lipinski definition) is 3. The molecule has 0 aliphatic heterocycles. The molecule has 0 aliphatic rings. The molecule has 1 rings (SSSR count). The highest BCUT2D eigenvalue weighted by atomic mass is 19.4. The van der Waals surface area contributed by atoms with E-state index in [9.17, 15) is 75.4 Å². The normalized spacial score (nSPS) is 14.1. The van der Waals surface area contributed by atoms with Gasteiger partial charge in [0.2, 0.25) is 0 Å². The van der Waals surface area contributed by atoms with Crippen LogP contribution in [0.25, 0.3) is 0 Å². The fourth-order valence-electron chi connectivity index (χ4n) is 1.85. The van der Waals surface area contributed by atoms with Crippen LogP contribution in [-0.4, -0.2) is 74.0 Å². The Kier molecular flexibility index (Phi) is 8.99. The van der Waals surface area contributed by atoms with Crippen molar-refractivity contribution in [2.45, 2.75) is 48.3 Å². The number of halogens is 15. The summed E-state index contributed by atoms with van der Waals surface area (Å²) in [5.41, 5.74) is 0.433. The quantitative estimate of drug-likeness (QED) is 0.393. The number of carboxylic acids is 2. The molecule has 0 aromatic carbocycles. The minimum Gasteiger partial charge on any atom is -0.478 e. The summed E-state index contributed by atoms with van der Waals surface area (Å²) >= 11 is 0. The van der Waals surface area contributed by atoms with Crippen LogP contribution >= 0.6 is 0 Å². The molecule has 208 valence electrons. The SMILES string of the molecule is O=C(O)C(F)(F)C(F)(F)C(F)(F)C(F)(F)C(F)(F)C(F)(F)C(F)(F)F.O=C(O)c1cnccc1CO. The van der Waals surface area contributed by atoms with Crippen molar-refractivity contribution < 1.29 is 90.8 Å². The molecule has 6 nitrogen and oxygen atoms in total. The average Bonchev–Trinajstić information content (AvgIpc) is 2.72. The monoisotopic (exact) mass is 567 g/mol. The third kappa shape index (κ3) is 5.09. The summed E-state index contributed by atoms with van der Waals surface area (Å²) in [5.74, 6) is -53.9. The molecule has 0 bridgehead atoms. The molecule has 0 radical (unpaired) electrons. The van der Waals surface area contributed by atoms with E-state index in [0.29, 0.717) is 5.56 Å². The van der Waals surface area contributed by atoms with Crippen LogP contribution in [0.3, 0.4) is 0 Å². The fraction of sp³-hybridized carbons (Fsp3) is 0.533. The Morgan fingerprint density at radius 2 is 1.08 bits per heavy atom. The standard InChI is InChI=1S/C8HF15O2.C7H7NO3/c9-2(10,1(24)25)3(11,12)4(13,14)5(15,16)6(17,18)7(19,20)8(21,22)23;9-4-5-1-2-8-3-6(5)7(10)11/h(H,24,25);1-3,9H,4H2,(H,10,11). The molecule has 36 heavy (non-hydrogen) atoms. The highest BCUT2D eigenvalue weighted by Gasteiger charge is 2.94. The van der Waals surface area contributed by atoms with Crippen molar-refractivity contribution in [3.8, 4) is 0 Å². The topological polar surface area (TPSA) is 108 Å². The van der Waals surface area contributed by atoms with Gasteiger partial charge in [-0.1, -0.05) is 0 Å². The van der Waals surface area contributed by atoms with Crippen molar-refractivity contribution in [1.82, 2.24) is 4.98 Å². The van der Waals surface area contributed by atoms with Crippen molar-refractivity contribution >= 4 is 11.9 Å². The molecule has 0 spiro atoms. The lowest BCUT2D eigenvalue weighted by Crippen LogP contribution is -2.73. The molecule has 0 saturated carbocycles. The van der Waals surface area contributed by atoms with Crippen molar-refractivity contribution in [1.29, 1.82) is 0 Å². The Balaban J connectivity index is 0.000000918.